The Morgan fingerprint density at radius 3 is 2.10 bits per heavy atom. The van der Waals surface area contributed by atoms with Crippen LogP contribution in [0.1, 0.15) is 43.4 Å². The van der Waals surface area contributed by atoms with Crippen LogP contribution in [0.5, 0.6) is 0 Å². The van der Waals surface area contributed by atoms with E-state index in [4.69, 9.17) is 9.47 Å². The van der Waals surface area contributed by atoms with Crippen LogP contribution in [-0.2, 0) is 36.8 Å². The van der Waals surface area contributed by atoms with Gasteiger partial charge in [-0.05, 0) is 61.1 Å². The maximum atomic E-state index is 13.2. The van der Waals surface area contributed by atoms with Gasteiger partial charge in [0.15, 0.2) is 5.92 Å². The minimum Gasteiger partial charge on any atom is -0.481 e. The van der Waals surface area contributed by atoms with Gasteiger partial charge in [0.2, 0.25) is 0 Å². The van der Waals surface area contributed by atoms with Crippen LogP contribution >= 0.6 is 0 Å². The van der Waals surface area contributed by atoms with Crippen LogP contribution in [0.15, 0.2) is 79.0 Å². The zero-order chi connectivity index (χ0) is 27.7. The minimum absolute atomic E-state index is 0.0273. The van der Waals surface area contributed by atoms with E-state index in [0.29, 0.717) is 5.56 Å². The van der Waals surface area contributed by atoms with Gasteiger partial charge in [0, 0.05) is 23.0 Å². The molecule has 0 fully saturated rings. The van der Waals surface area contributed by atoms with Gasteiger partial charge >= 0.3 is 17.9 Å². The summed E-state index contributed by atoms with van der Waals surface area (Å²) in [7, 11) is 0. The number of carboxylic acids is 1. The number of aliphatic carboxylic acids is 1. The van der Waals surface area contributed by atoms with Crippen LogP contribution in [0.3, 0.4) is 0 Å². The molecule has 1 unspecified atom stereocenters. The van der Waals surface area contributed by atoms with E-state index in [2.05, 4.69) is 0 Å². The summed E-state index contributed by atoms with van der Waals surface area (Å²) in [6, 6.07) is 23.4. The third kappa shape index (κ3) is 5.43. The smallest absolute Gasteiger partial charge is 0.326 e. The molecule has 1 aromatic heterocycles. The summed E-state index contributed by atoms with van der Waals surface area (Å²) in [5, 5.41) is 10.8. The number of para-hydroxylation sites is 1. The number of fused-ring (bicyclic) bond motifs is 4. The Hall–Kier alpha value is -4.39. The van der Waals surface area contributed by atoms with Crippen LogP contribution in [-0.4, -0.2) is 39.8 Å². The lowest BCUT2D eigenvalue weighted by Crippen LogP contribution is -2.29. The number of benzene rings is 3. The Bertz CT molecular complexity index is 1510. The highest BCUT2D eigenvalue weighted by Crippen LogP contribution is 2.44. The Morgan fingerprint density at radius 2 is 1.49 bits per heavy atom. The van der Waals surface area contributed by atoms with E-state index in [0.717, 1.165) is 33.2 Å². The highest BCUT2D eigenvalue weighted by Gasteiger charge is 2.33. The average molecular weight is 526 g/mol. The van der Waals surface area contributed by atoms with Crippen molar-refractivity contribution < 1.29 is 29.0 Å². The Balaban J connectivity index is 1.35. The van der Waals surface area contributed by atoms with E-state index in [1.165, 1.54) is 0 Å². The lowest BCUT2D eigenvalue weighted by molar-refractivity contribution is -0.159. The maximum absolute atomic E-state index is 13.2. The van der Waals surface area contributed by atoms with Gasteiger partial charge in [0.05, 0.1) is 0 Å². The van der Waals surface area contributed by atoms with Crippen molar-refractivity contribution in [2.45, 2.75) is 45.3 Å². The highest BCUT2D eigenvalue weighted by molar-refractivity contribution is 5.95. The number of ether oxygens (including phenoxy) is 2. The monoisotopic (exact) mass is 525 g/mol. The quantitative estimate of drug-likeness (QED) is 0.238. The molecule has 1 aliphatic carbocycles. The summed E-state index contributed by atoms with van der Waals surface area (Å²) in [5.74, 6) is -3.99. The third-order valence-corrected chi connectivity index (χ3v) is 6.95. The van der Waals surface area contributed by atoms with Gasteiger partial charge in [0.1, 0.15) is 18.8 Å². The molecule has 0 aliphatic heterocycles. The minimum atomic E-state index is -1.39. The Labute approximate surface area is 227 Å². The van der Waals surface area contributed by atoms with E-state index < -0.39 is 29.4 Å². The molecule has 1 atom stereocenters. The first-order valence-electron chi connectivity index (χ1n) is 13.0. The van der Waals surface area contributed by atoms with Gasteiger partial charge in [-0.1, -0.05) is 66.7 Å². The molecule has 0 saturated heterocycles. The summed E-state index contributed by atoms with van der Waals surface area (Å²) in [5.41, 5.74) is 5.10. The van der Waals surface area contributed by atoms with Crippen molar-refractivity contribution in [3.63, 3.8) is 0 Å². The normalized spacial score (nSPS) is 13.5. The molecule has 1 heterocycles. The first kappa shape index (κ1) is 26.2. The van der Waals surface area contributed by atoms with Crippen molar-refractivity contribution >= 4 is 28.8 Å². The molecule has 1 aliphatic rings. The number of carbonyl (C=O) groups excluding carboxylic acids is 2. The topological polar surface area (TPSA) is 94.8 Å². The molecule has 7 heteroatoms. The summed E-state index contributed by atoms with van der Waals surface area (Å²) in [6.45, 7) is 5.43. The molecule has 4 aromatic rings. The first-order valence-corrected chi connectivity index (χ1v) is 13.0. The number of carbonyl (C=O) groups is 3. The Kier molecular flexibility index (Phi) is 7.00. The number of carboxylic acid groups (broad SMARTS) is 1. The molecule has 0 bridgehead atoms. The zero-order valence-corrected chi connectivity index (χ0v) is 22.2. The average Bonchev–Trinajstić information content (AvgIpc) is 3.40. The fourth-order valence-corrected chi connectivity index (χ4v) is 5.33. The predicted octanol–water partition coefficient (Wildman–Crippen LogP) is 5.58. The Morgan fingerprint density at radius 1 is 0.897 bits per heavy atom. The summed E-state index contributed by atoms with van der Waals surface area (Å²) >= 11 is 0. The summed E-state index contributed by atoms with van der Waals surface area (Å²) < 4.78 is 12.9. The van der Waals surface area contributed by atoms with Crippen LogP contribution in [0, 0.1) is 5.92 Å². The van der Waals surface area contributed by atoms with Crippen molar-refractivity contribution in [2.24, 2.45) is 5.92 Å². The fourth-order valence-electron chi connectivity index (χ4n) is 5.33. The van der Waals surface area contributed by atoms with E-state index >= 15 is 0 Å². The standard InChI is InChI=1S/C32H31NO6/c1-32(2,3)39-29(34)18-33-17-20(21-10-8-9-15-28(21)33)16-26(30(35)36)31(37)38-19-27-24-13-6-4-11-22(24)23-12-5-7-14-25(23)27/h4-15,17,26-27H,16,18-19H2,1-3H3,(H,35,36). The van der Waals surface area contributed by atoms with Gasteiger partial charge in [-0.3, -0.25) is 14.4 Å². The SMILES string of the molecule is CC(C)(C)OC(=O)Cn1cc(CC(C(=O)O)C(=O)OCC2c3ccccc3-c3ccccc32)c2ccccc21. The zero-order valence-electron chi connectivity index (χ0n) is 22.2. The second-order valence-corrected chi connectivity index (χ2v) is 10.8. The number of rotatable bonds is 8. The van der Waals surface area contributed by atoms with Crippen molar-refractivity contribution in [2.75, 3.05) is 6.61 Å². The molecule has 5 rings (SSSR count). The second-order valence-electron chi connectivity index (χ2n) is 10.8. The van der Waals surface area contributed by atoms with E-state index in [1.807, 2.05) is 72.8 Å². The molecule has 3 aromatic carbocycles. The fraction of sp³-hybridized carbons (Fsp3) is 0.281. The van der Waals surface area contributed by atoms with Crippen LogP contribution in [0.2, 0.25) is 0 Å². The van der Waals surface area contributed by atoms with Crippen molar-refractivity contribution in [3.8, 4) is 11.1 Å². The second kappa shape index (κ2) is 10.4. The van der Waals surface area contributed by atoms with Crippen molar-refractivity contribution in [1.82, 2.24) is 4.57 Å². The van der Waals surface area contributed by atoms with Crippen molar-refractivity contribution in [1.29, 1.82) is 0 Å². The molecular formula is C32H31NO6. The number of esters is 2. The number of hydrogen-bond acceptors (Lipinski definition) is 5. The maximum Gasteiger partial charge on any atom is 0.326 e. The van der Waals surface area contributed by atoms with Crippen LogP contribution < -0.4 is 0 Å². The van der Waals surface area contributed by atoms with E-state index in [-0.39, 0.29) is 25.5 Å². The van der Waals surface area contributed by atoms with Gasteiger partial charge in [-0.25, -0.2) is 0 Å². The third-order valence-electron chi connectivity index (χ3n) is 6.95. The van der Waals surface area contributed by atoms with Gasteiger partial charge < -0.3 is 19.1 Å². The van der Waals surface area contributed by atoms with Crippen LogP contribution in [0.4, 0.5) is 0 Å². The van der Waals surface area contributed by atoms with Gasteiger partial charge in [-0.2, -0.15) is 0 Å². The first-order chi connectivity index (χ1) is 18.6. The predicted molar refractivity (Wildman–Crippen MR) is 147 cm³/mol. The van der Waals surface area contributed by atoms with E-state index in [9.17, 15) is 19.5 Å². The molecule has 7 nitrogen and oxygen atoms in total. The molecule has 200 valence electrons. The van der Waals surface area contributed by atoms with Crippen molar-refractivity contribution in [3.05, 3.63) is 95.7 Å². The lowest BCUT2D eigenvalue weighted by Gasteiger charge is -2.19. The molecular weight excluding hydrogens is 494 g/mol. The molecule has 1 N–H and O–H groups in total. The molecule has 39 heavy (non-hydrogen) atoms. The number of nitrogens with zero attached hydrogens (tertiary/aromatic N) is 1. The number of hydrogen-bond donors (Lipinski definition) is 1. The molecule has 0 amide bonds. The van der Waals surface area contributed by atoms with E-state index in [1.54, 1.807) is 31.5 Å². The lowest BCUT2D eigenvalue weighted by atomic mass is 9.97. The van der Waals surface area contributed by atoms with Crippen LogP contribution in [0.25, 0.3) is 22.0 Å². The molecule has 0 saturated carbocycles. The molecule has 0 radical (unpaired) electrons. The summed E-state index contributed by atoms with van der Waals surface area (Å²) in [4.78, 5) is 37.9. The summed E-state index contributed by atoms with van der Waals surface area (Å²) in [6.07, 6.45) is 1.66. The largest absolute Gasteiger partial charge is 0.481 e. The number of aromatic nitrogens is 1. The van der Waals surface area contributed by atoms with Gasteiger partial charge in [-0.15, -0.1) is 0 Å². The van der Waals surface area contributed by atoms with Gasteiger partial charge in [0.25, 0.3) is 0 Å². The highest BCUT2D eigenvalue weighted by atomic mass is 16.6. The molecule has 0 spiro atoms.